The fourth-order valence-electron chi connectivity index (χ4n) is 1.33. The zero-order valence-corrected chi connectivity index (χ0v) is 11.0. The minimum absolute atomic E-state index is 0.0466. The number of hydrogen-bond donors (Lipinski definition) is 0. The summed E-state index contributed by atoms with van der Waals surface area (Å²) in [6, 6.07) is 2.35. The maximum atomic E-state index is 12.4. The van der Waals surface area contributed by atoms with Crippen molar-refractivity contribution in [3.05, 3.63) is 47.0 Å². The lowest BCUT2D eigenvalue weighted by molar-refractivity contribution is -0.137. The van der Waals surface area contributed by atoms with Gasteiger partial charge in [-0.25, -0.2) is 8.42 Å². The first-order chi connectivity index (χ1) is 8.07. The molecule has 0 radical (unpaired) electrons. The average Bonchev–Trinajstić information content (AvgIpc) is 2.17. The van der Waals surface area contributed by atoms with Crippen molar-refractivity contribution in [3.8, 4) is 0 Å². The highest BCUT2D eigenvalue weighted by Crippen LogP contribution is 2.36. The van der Waals surface area contributed by atoms with Gasteiger partial charge in [-0.05, 0) is 17.7 Å². The van der Waals surface area contributed by atoms with Crippen LogP contribution in [-0.4, -0.2) is 8.42 Å². The maximum absolute atomic E-state index is 12.4. The van der Waals surface area contributed by atoms with Crippen molar-refractivity contribution in [2.45, 2.75) is 11.4 Å². The Morgan fingerprint density at radius 1 is 1.33 bits per heavy atom. The van der Waals surface area contributed by atoms with E-state index in [4.69, 9.17) is 22.3 Å². The summed E-state index contributed by atoms with van der Waals surface area (Å²) in [6.07, 6.45) is -3.55. The third kappa shape index (κ3) is 3.40. The molecular weight excluding hydrogens is 312 g/mol. The van der Waals surface area contributed by atoms with Gasteiger partial charge in [0.15, 0.2) is 0 Å². The highest BCUT2D eigenvalue weighted by Gasteiger charge is 2.32. The summed E-state index contributed by atoms with van der Waals surface area (Å²) in [5.74, 6) is 0. The summed E-state index contributed by atoms with van der Waals surface area (Å²) in [5.41, 5.74) is -1.01. The fraction of sp³-hybridized carbons (Fsp3) is 0.200. The lowest BCUT2D eigenvalue weighted by Gasteiger charge is -2.13. The minimum atomic E-state index is -4.55. The summed E-state index contributed by atoms with van der Waals surface area (Å²) in [7, 11) is 1.11. The molecule has 0 saturated heterocycles. The molecule has 100 valence electrons. The molecule has 1 aromatic carbocycles. The van der Waals surface area contributed by atoms with Crippen molar-refractivity contribution >= 4 is 31.3 Å². The largest absolute Gasteiger partial charge is 0.416 e. The second-order valence-corrected chi connectivity index (χ2v) is 6.52. The quantitative estimate of drug-likeness (QED) is 0.619. The number of halogens is 5. The van der Waals surface area contributed by atoms with Crippen LogP contribution in [0.15, 0.2) is 30.9 Å². The molecule has 8 heteroatoms. The highest BCUT2D eigenvalue weighted by atomic mass is 35.7. The Balaban J connectivity index is 3.33. The van der Waals surface area contributed by atoms with Gasteiger partial charge in [0.1, 0.15) is 5.25 Å². The molecule has 0 fully saturated rings. The van der Waals surface area contributed by atoms with Crippen molar-refractivity contribution in [2.24, 2.45) is 0 Å². The van der Waals surface area contributed by atoms with E-state index in [2.05, 4.69) is 6.58 Å². The molecule has 1 unspecified atom stereocenters. The zero-order chi connectivity index (χ0) is 14.1. The topological polar surface area (TPSA) is 34.1 Å². The van der Waals surface area contributed by atoms with E-state index in [1.807, 2.05) is 0 Å². The molecule has 18 heavy (non-hydrogen) atoms. The SMILES string of the molecule is C=CC(c1ccc(C(F)(F)F)cc1Cl)S(=O)(=O)Cl. The van der Waals surface area contributed by atoms with Crippen molar-refractivity contribution in [1.82, 2.24) is 0 Å². The summed E-state index contributed by atoms with van der Waals surface area (Å²) in [4.78, 5) is 0. The van der Waals surface area contributed by atoms with E-state index in [0.29, 0.717) is 6.07 Å². The number of hydrogen-bond acceptors (Lipinski definition) is 2. The summed E-state index contributed by atoms with van der Waals surface area (Å²) < 4.78 is 59.6. The van der Waals surface area contributed by atoms with E-state index in [9.17, 15) is 21.6 Å². The number of alkyl halides is 3. The molecule has 0 aliphatic rings. The van der Waals surface area contributed by atoms with Crippen molar-refractivity contribution in [2.75, 3.05) is 0 Å². The summed E-state index contributed by atoms with van der Waals surface area (Å²) >= 11 is 5.64. The first-order valence-corrected chi connectivity index (χ1v) is 7.25. The highest BCUT2D eigenvalue weighted by molar-refractivity contribution is 8.14. The first kappa shape index (κ1) is 15.3. The normalized spacial score (nSPS) is 14.3. The van der Waals surface area contributed by atoms with Crippen LogP contribution in [0.25, 0.3) is 0 Å². The fourth-order valence-corrected chi connectivity index (χ4v) is 2.94. The Morgan fingerprint density at radius 3 is 2.22 bits per heavy atom. The molecule has 0 aromatic heterocycles. The van der Waals surface area contributed by atoms with Gasteiger partial charge < -0.3 is 0 Å². The molecule has 0 amide bonds. The van der Waals surface area contributed by atoms with E-state index in [-0.39, 0.29) is 10.6 Å². The Labute approximate surface area is 111 Å². The molecular formula is C10H7Cl2F3O2S. The van der Waals surface area contributed by atoms with E-state index in [1.165, 1.54) is 0 Å². The van der Waals surface area contributed by atoms with E-state index < -0.39 is 26.0 Å². The van der Waals surface area contributed by atoms with Gasteiger partial charge in [0, 0.05) is 15.7 Å². The lowest BCUT2D eigenvalue weighted by Crippen LogP contribution is -2.08. The minimum Gasteiger partial charge on any atom is -0.211 e. The van der Waals surface area contributed by atoms with Crippen molar-refractivity contribution < 1.29 is 21.6 Å². The van der Waals surface area contributed by atoms with Gasteiger partial charge in [0.2, 0.25) is 9.05 Å². The second-order valence-electron chi connectivity index (χ2n) is 3.37. The molecule has 0 N–H and O–H groups in total. The van der Waals surface area contributed by atoms with Crippen molar-refractivity contribution in [1.29, 1.82) is 0 Å². The van der Waals surface area contributed by atoms with Crippen LogP contribution in [0, 0.1) is 0 Å². The van der Waals surface area contributed by atoms with E-state index in [1.54, 1.807) is 0 Å². The summed E-state index contributed by atoms with van der Waals surface area (Å²) in [5, 5.41) is -1.69. The monoisotopic (exact) mass is 318 g/mol. The van der Waals surface area contributed by atoms with Crippen LogP contribution in [0.4, 0.5) is 13.2 Å². The Kier molecular flexibility index (Phi) is 4.35. The van der Waals surface area contributed by atoms with Gasteiger partial charge in [-0.3, -0.25) is 0 Å². The van der Waals surface area contributed by atoms with Gasteiger partial charge in [-0.2, -0.15) is 13.2 Å². The van der Waals surface area contributed by atoms with Crippen LogP contribution in [0.1, 0.15) is 16.4 Å². The molecule has 2 nitrogen and oxygen atoms in total. The van der Waals surface area contributed by atoms with E-state index in [0.717, 1.165) is 18.2 Å². The molecule has 0 spiro atoms. The van der Waals surface area contributed by atoms with Gasteiger partial charge in [0.05, 0.1) is 5.56 Å². The number of benzene rings is 1. The number of rotatable bonds is 3. The van der Waals surface area contributed by atoms with Crippen molar-refractivity contribution in [3.63, 3.8) is 0 Å². The maximum Gasteiger partial charge on any atom is 0.416 e. The smallest absolute Gasteiger partial charge is 0.211 e. The van der Waals surface area contributed by atoms with Gasteiger partial charge in [-0.1, -0.05) is 23.7 Å². The molecule has 0 aliphatic heterocycles. The van der Waals surface area contributed by atoms with Gasteiger partial charge in [-0.15, -0.1) is 6.58 Å². The van der Waals surface area contributed by atoms with Crippen LogP contribution >= 0.6 is 22.3 Å². The van der Waals surface area contributed by atoms with Crippen LogP contribution in [-0.2, 0) is 15.2 Å². The molecule has 0 aliphatic carbocycles. The Hall–Kier alpha value is -0.720. The van der Waals surface area contributed by atoms with Crippen LogP contribution in [0.3, 0.4) is 0 Å². The summed E-state index contributed by atoms with van der Waals surface area (Å²) in [6.45, 7) is 3.27. The lowest BCUT2D eigenvalue weighted by atomic mass is 10.1. The molecule has 0 bridgehead atoms. The molecule has 0 heterocycles. The average molecular weight is 319 g/mol. The molecule has 1 atom stereocenters. The van der Waals surface area contributed by atoms with Crippen LogP contribution in [0.2, 0.25) is 5.02 Å². The Morgan fingerprint density at radius 2 is 1.89 bits per heavy atom. The van der Waals surface area contributed by atoms with Gasteiger partial charge >= 0.3 is 6.18 Å². The molecule has 0 saturated carbocycles. The standard InChI is InChI=1S/C10H7Cl2F3O2S/c1-2-9(18(12,16)17)7-4-3-6(5-8(7)11)10(13,14)15/h2-5,9H,1H2. The van der Waals surface area contributed by atoms with Crippen LogP contribution in [0.5, 0.6) is 0 Å². The van der Waals surface area contributed by atoms with E-state index >= 15 is 0 Å². The second kappa shape index (κ2) is 5.11. The Bertz CT molecular complexity index is 567. The third-order valence-electron chi connectivity index (χ3n) is 2.15. The first-order valence-electron chi connectivity index (χ1n) is 4.50. The molecule has 1 rings (SSSR count). The third-order valence-corrected chi connectivity index (χ3v) is 4.11. The zero-order valence-electron chi connectivity index (χ0n) is 8.71. The predicted molar refractivity (Wildman–Crippen MR) is 64.2 cm³/mol. The van der Waals surface area contributed by atoms with Gasteiger partial charge in [0.25, 0.3) is 0 Å². The van der Waals surface area contributed by atoms with Crippen LogP contribution < -0.4 is 0 Å². The predicted octanol–water partition coefficient (Wildman–Crippen LogP) is 4.15. The molecule has 1 aromatic rings.